The molecule has 42 heavy (non-hydrogen) atoms. The molecule has 0 amide bonds. The average Bonchev–Trinajstić information content (AvgIpc) is 3.50. The summed E-state index contributed by atoms with van der Waals surface area (Å²) in [6.45, 7) is 17.2. The van der Waals surface area contributed by atoms with E-state index in [2.05, 4.69) is 71.1 Å². The number of ether oxygens (including phenoxy) is 2. The molecule has 0 bridgehead atoms. The predicted molar refractivity (Wildman–Crippen MR) is 169 cm³/mol. The summed E-state index contributed by atoms with van der Waals surface area (Å²) in [4.78, 5) is 19.4. The lowest BCUT2D eigenvalue weighted by Crippen LogP contribution is -2.55. The van der Waals surface area contributed by atoms with Crippen molar-refractivity contribution in [1.82, 2.24) is 24.4 Å². The smallest absolute Gasteiger partial charge is 0.320 e. The molecule has 1 aliphatic carbocycles. The number of piperidine rings is 1. The molecule has 3 atom stereocenters. The van der Waals surface area contributed by atoms with Crippen LogP contribution in [0, 0.1) is 0 Å². The molecule has 3 saturated heterocycles. The maximum absolute atomic E-state index is 14.4. The molecule has 9 nitrogen and oxygen atoms in total. The molecule has 4 aliphatic rings. The predicted octanol–water partition coefficient (Wildman–Crippen LogP) is 6.27. The van der Waals surface area contributed by atoms with Gasteiger partial charge in [-0.2, -0.15) is 9.97 Å². The van der Waals surface area contributed by atoms with Gasteiger partial charge in [0.2, 0.25) is 0 Å². The lowest BCUT2D eigenvalue weighted by molar-refractivity contribution is 0.00670. The van der Waals surface area contributed by atoms with Crippen LogP contribution in [0.5, 0.6) is 6.01 Å². The van der Waals surface area contributed by atoms with Gasteiger partial charge >= 0.3 is 6.01 Å². The second-order valence-corrected chi connectivity index (χ2v) is 20.4. The Morgan fingerprint density at radius 3 is 2.55 bits per heavy atom. The van der Waals surface area contributed by atoms with Crippen molar-refractivity contribution in [3.05, 3.63) is 4.73 Å². The van der Waals surface area contributed by atoms with E-state index in [-0.39, 0.29) is 28.3 Å². The highest BCUT2D eigenvalue weighted by Gasteiger charge is 2.50. The van der Waals surface area contributed by atoms with E-state index in [4.69, 9.17) is 28.9 Å². The Hall–Kier alpha value is -1.34. The van der Waals surface area contributed by atoms with Crippen LogP contribution in [-0.2, 0) is 9.16 Å². The van der Waals surface area contributed by atoms with Crippen molar-refractivity contribution in [3.8, 4) is 6.01 Å². The third kappa shape index (κ3) is 5.52. The van der Waals surface area contributed by atoms with Gasteiger partial charge in [-0.15, -0.1) is 0 Å². The number of hydrogen-bond donors (Lipinski definition) is 0. The van der Waals surface area contributed by atoms with Gasteiger partial charge in [0, 0.05) is 39.2 Å². The zero-order valence-corrected chi connectivity index (χ0v) is 29.0. The molecule has 0 radical (unpaired) electrons. The quantitative estimate of drug-likeness (QED) is 0.241. The van der Waals surface area contributed by atoms with Crippen molar-refractivity contribution in [2.75, 3.05) is 44.8 Å². The molecule has 0 unspecified atom stereocenters. The maximum Gasteiger partial charge on any atom is 0.320 e. The summed E-state index contributed by atoms with van der Waals surface area (Å²) in [5, 5.41) is 0.124. The fourth-order valence-electron chi connectivity index (χ4n) is 7.38. The van der Waals surface area contributed by atoms with Crippen LogP contribution in [0.4, 0.5) is 10.2 Å². The molecule has 0 N–H and O–H groups in total. The van der Waals surface area contributed by atoms with E-state index in [9.17, 15) is 4.39 Å². The molecule has 4 fully saturated rings. The Morgan fingerprint density at radius 1 is 1.10 bits per heavy atom. The first-order valence-corrected chi connectivity index (χ1v) is 19.4. The molecule has 0 spiro atoms. The van der Waals surface area contributed by atoms with Gasteiger partial charge in [0.25, 0.3) is 0 Å². The lowest BCUT2D eigenvalue weighted by atomic mass is 9.89. The van der Waals surface area contributed by atoms with Crippen LogP contribution in [0.2, 0.25) is 18.1 Å². The van der Waals surface area contributed by atoms with Gasteiger partial charge in [0.05, 0.1) is 17.2 Å². The Bertz CT molecular complexity index is 1320. The van der Waals surface area contributed by atoms with Crippen LogP contribution in [0.15, 0.2) is 4.73 Å². The minimum atomic E-state index is -2.00. The number of anilines is 1. The van der Waals surface area contributed by atoms with E-state index >= 15 is 0 Å². The Labute approximate surface area is 259 Å². The zero-order chi connectivity index (χ0) is 30.1. The topological polar surface area (TPSA) is 77.8 Å². The summed E-state index contributed by atoms with van der Waals surface area (Å²) >= 11 is 3.75. The number of imidazole rings is 1. The normalized spacial score (nSPS) is 32.4. The van der Waals surface area contributed by atoms with E-state index in [1.165, 1.54) is 0 Å². The largest absolute Gasteiger partial charge is 0.461 e. The van der Waals surface area contributed by atoms with Gasteiger partial charge < -0.3 is 23.4 Å². The van der Waals surface area contributed by atoms with Crippen molar-refractivity contribution < 1.29 is 18.3 Å². The first-order chi connectivity index (χ1) is 19.7. The molecule has 234 valence electrons. The van der Waals surface area contributed by atoms with Crippen molar-refractivity contribution in [3.63, 3.8) is 0 Å². The number of alkyl halides is 1. The molecular formula is C30H48BrFN6O3Si. The third-order valence-electron chi connectivity index (χ3n) is 10.7. The van der Waals surface area contributed by atoms with Crippen molar-refractivity contribution >= 4 is 41.2 Å². The van der Waals surface area contributed by atoms with Crippen LogP contribution in [0.3, 0.4) is 0 Å². The summed E-state index contributed by atoms with van der Waals surface area (Å²) in [7, 11) is -0.223. The molecule has 2 aromatic rings. The van der Waals surface area contributed by atoms with Crippen molar-refractivity contribution in [1.29, 1.82) is 0 Å². The van der Waals surface area contributed by atoms with Gasteiger partial charge in [0.15, 0.2) is 24.5 Å². The molecule has 5 heterocycles. The fourth-order valence-corrected chi connectivity index (χ4v) is 9.72. The van der Waals surface area contributed by atoms with Gasteiger partial charge in [-0.25, -0.2) is 9.37 Å². The van der Waals surface area contributed by atoms with Crippen LogP contribution in [0.25, 0.3) is 11.2 Å². The number of aromatic nitrogens is 4. The molecule has 3 aliphatic heterocycles. The van der Waals surface area contributed by atoms with E-state index in [1.54, 1.807) is 7.11 Å². The van der Waals surface area contributed by atoms with Crippen LogP contribution < -0.4 is 9.64 Å². The monoisotopic (exact) mass is 666 g/mol. The number of nitrogens with zero attached hydrogens (tertiary/aromatic N) is 6. The van der Waals surface area contributed by atoms with Crippen molar-refractivity contribution in [2.24, 2.45) is 0 Å². The van der Waals surface area contributed by atoms with E-state index in [0.29, 0.717) is 31.2 Å². The average molecular weight is 668 g/mol. The number of methoxy groups -OCH3 is 1. The number of fused-ring (bicyclic) bond motifs is 2. The van der Waals surface area contributed by atoms with Gasteiger partial charge in [-0.3, -0.25) is 4.90 Å². The highest BCUT2D eigenvalue weighted by molar-refractivity contribution is 9.10. The lowest BCUT2D eigenvalue weighted by Gasteiger charge is -2.48. The Morgan fingerprint density at radius 2 is 1.83 bits per heavy atom. The summed E-state index contributed by atoms with van der Waals surface area (Å²) in [5.41, 5.74) is 0.994. The molecule has 1 saturated carbocycles. The van der Waals surface area contributed by atoms with E-state index < -0.39 is 14.5 Å². The van der Waals surface area contributed by atoms with Crippen LogP contribution in [0.1, 0.15) is 78.7 Å². The second-order valence-electron chi connectivity index (χ2n) is 14.9. The molecule has 2 aromatic heterocycles. The standard InChI is InChI=1S/C30H48BrFN6O3Si/c1-28(2,3)42(6,7)41-29(4)10-8-12-36(18-29)25-23-24(33-26(31)38(23)21-14-22(15-21)39-5)34-27(35-25)40-19-30-11-9-13-37(30)17-20(32)16-30/h20-22H,8-19H2,1-7H3/t20-,21?,22?,29-,30+/m1/s1. The number of rotatable bonds is 8. The highest BCUT2D eigenvalue weighted by Crippen LogP contribution is 2.45. The first-order valence-electron chi connectivity index (χ1n) is 15.7. The fraction of sp³-hybridized carbons (Fsp3) is 0.833. The maximum atomic E-state index is 14.4. The molecule has 6 rings (SSSR count). The molecule has 12 heteroatoms. The highest BCUT2D eigenvalue weighted by atomic mass is 79.9. The Balaban J connectivity index is 1.35. The number of hydrogen-bond acceptors (Lipinski definition) is 8. The number of halogens is 2. The van der Waals surface area contributed by atoms with E-state index in [0.717, 1.165) is 74.2 Å². The van der Waals surface area contributed by atoms with Crippen molar-refractivity contribution in [2.45, 2.75) is 120 Å². The summed E-state index contributed by atoms with van der Waals surface area (Å²) in [5.74, 6) is 0.842. The summed E-state index contributed by atoms with van der Waals surface area (Å²) < 4.78 is 36.5. The Kier molecular flexibility index (Phi) is 7.98. The van der Waals surface area contributed by atoms with Gasteiger partial charge in [0.1, 0.15) is 18.3 Å². The van der Waals surface area contributed by atoms with Gasteiger partial charge in [-0.05, 0) is 86.1 Å². The van der Waals surface area contributed by atoms with E-state index in [1.807, 2.05) is 0 Å². The summed E-state index contributed by atoms with van der Waals surface area (Å²) in [6.07, 6.45) is 5.85. The molecule has 0 aromatic carbocycles. The summed E-state index contributed by atoms with van der Waals surface area (Å²) in [6, 6.07) is 0.577. The molecular weight excluding hydrogens is 619 g/mol. The SMILES string of the molecule is COC1CC(n2c(Br)nc3nc(OC[C@@]45CCCN4C[C@H](F)C5)nc(N4CCC[C@@](C)(O[Si](C)(C)C(C)(C)C)C4)c32)C1. The second kappa shape index (κ2) is 10.9. The van der Waals surface area contributed by atoms with Gasteiger partial charge in [-0.1, -0.05) is 20.8 Å². The zero-order valence-electron chi connectivity index (χ0n) is 26.4. The van der Waals surface area contributed by atoms with Crippen LogP contribution in [-0.4, -0.2) is 96.0 Å². The van der Waals surface area contributed by atoms with Crippen LogP contribution >= 0.6 is 15.9 Å². The third-order valence-corrected chi connectivity index (χ3v) is 15.9. The minimum absolute atomic E-state index is 0.124. The minimum Gasteiger partial charge on any atom is -0.461 e. The first kappa shape index (κ1) is 30.7.